The first-order valence-electron chi connectivity index (χ1n) is 7.55. The zero-order valence-electron chi connectivity index (χ0n) is 13.2. The Hall–Kier alpha value is -0.650. The Morgan fingerprint density at radius 2 is 1.45 bits per heavy atom. The van der Waals surface area contributed by atoms with E-state index in [0.29, 0.717) is 58.4 Å². The number of carbonyl (C=O) groups excluding carboxylic acids is 1. The van der Waals surface area contributed by atoms with Crippen LogP contribution in [0, 0.1) is 5.92 Å². The fraction of sp³-hybridized carbons (Fsp3) is 0.933. The Morgan fingerprint density at radius 1 is 0.900 bits per heavy atom. The predicted molar refractivity (Wildman–Crippen MR) is 77.8 cm³/mol. The van der Waals surface area contributed by atoms with Gasteiger partial charge in [0.1, 0.15) is 0 Å². The zero-order valence-corrected chi connectivity index (χ0v) is 13.2. The van der Waals surface area contributed by atoms with Gasteiger partial charge >= 0.3 is 5.97 Å². The molecule has 0 bridgehead atoms. The monoisotopic (exact) mass is 290 g/mol. The second-order valence-corrected chi connectivity index (χ2v) is 4.93. The third-order valence-electron chi connectivity index (χ3n) is 2.56. The molecule has 0 fully saturated rings. The van der Waals surface area contributed by atoms with Gasteiger partial charge in [0.05, 0.1) is 33.0 Å². The molecule has 120 valence electrons. The molecule has 0 aliphatic carbocycles. The second kappa shape index (κ2) is 14.8. The number of hydrogen-bond acceptors (Lipinski definition) is 5. The lowest BCUT2D eigenvalue weighted by molar-refractivity contribution is -0.143. The van der Waals surface area contributed by atoms with Gasteiger partial charge in [-0.05, 0) is 25.7 Å². The molecule has 0 aliphatic rings. The molecule has 0 atom stereocenters. The molecule has 0 saturated heterocycles. The third-order valence-corrected chi connectivity index (χ3v) is 2.56. The molecule has 0 spiro atoms. The minimum Gasteiger partial charge on any atom is -0.466 e. The lowest BCUT2D eigenvalue weighted by atomic mass is 10.1. The molecule has 0 saturated carbocycles. The van der Waals surface area contributed by atoms with Crippen molar-refractivity contribution in [2.75, 3.05) is 46.2 Å². The van der Waals surface area contributed by atoms with Crippen LogP contribution in [-0.2, 0) is 23.7 Å². The van der Waals surface area contributed by atoms with E-state index in [1.54, 1.807) is 6.92 Å². The maximum atomic E-state index is 11.0. The van der Waals surface area contributed by atoms with Crippen molar-refractivity contribution in [2.24, 2.45) is 5.92 Å². The molecule has 0 amide bonds. The first kappa shape index (κ1) is 19.4. The third kappa shape index (κ3) is 15.4. The van der Waals surface area contributed by atoms with Crippen molar-refractivity contribution >= 4 is 5.97 Å². The van der Waals surface area contributed by atoms with Gasteiger partial charge < -0.3 is 18.9 Å². The number of ether oxygens (including phenoxy) is 4. The van der Waals surface area contributed by atoms with Crippen molar-refractivity contribution < 1.29 is 23.7 Å². The Kier molecular flexibility index (Phi) is 14.3. The highest BCUT2D eigenvalue weighted by atomic mass is 16.5. The summed E-state index contributed by atoms with van der Waals surface area (Å²) in [6.07, 6.45) is 2.19. The molecular weight excluding hydrogens is 260 g/mol. The number of esters is 1. The van der Waals surface area contributed by atoms with Crippen LogP contribution >= 0.6 is 0 Å². The summed E-state index contributed by atoms with van der Waals surface area (Å²) in [5.74, 6) is 0.518. The van der Waals surface area contributed by atoms with Gasteiger partial charge in [-0.1, -0.05) is 13.8 Å². The summed E-state index contributed by atoms with van der Waals surface area (Å²) in [6, 6.07) is 0. The van der Waals surface area contributed by atoms with Gasteiger partial charge in [0.15, 0.2) is 0 Å². The maximum absolute atomic E-state index is 11.0. The predicted octanol–water partition coefficient (Wildman–Crippen LogP) is 2.43. The molecule has 0 aromatic carbocycles. The standard InChI is InChI=1S/C15H30O5/c1-4-20-15(16)6-5-8-17-10-12-19-13-11-18-9-7-14(2)3/h14H,4-13H2,1-3H3. The van der Waals surface area contributed by atoms with Gasteiger partial charge in [-0.3, -0.25) is 4.79 Å². The summed E-state index contributed by atoms with van der Waals surface area (Å²) in [7, 11) is 0. The van der Waals surface area contributed by atoms with Crippen molar-refractivity contribution in [3.05, 3.63) is 0 Å². The zero-order chi connectivity index (χ0) is 15.1. The van der Waals surface area contributed by atoms with Gasteiger partial charge in [0.25, 0.3) is 0 Å². The average molecular weight is 290 g/mol. The van der Waals surface area contributed by atoms with E-state index in [9.17, 15) is 4.79 Å². The van der Waals surface area contributed by atoms with Crippen LogP contribution < -0.4 is 0 Å². The van der Waals surface area contributed by atoms with Crippen LogP contribution in [0.15, 0.2) is 0 Å². The van der Waals surface area contributed by atoms with Crippen molar-refractivity contribution in [1.82, 2.24) is 0 Å². The number of rotatable bonds is 14. The highest BCUT2D eigenvalue weighted by molar-refractivity contribution is 5.69. The lowest BCUT2D eigenvalue weighted by Gasteiger charge is -2.08. The summed E-state index contributed by atoms with van der Waals surface area (Å²) in [6.45, 7) is 10.3. The van der Waals surface area contributed by atoms with Crippen LogP contribution in [0.25, 0.3) is 0 Å². The number of carbonyl (C=O) groups is 1. The summed E-state index contributed by atoms with van der Waals surface area (Å²) in [5.41, 5.74) is 0. The molecule has 0 aliphatic heterocycles. The van der Waals surface area contributed by atoms with Crippen molar-refractivity contribution in [1.29, 1.82) is 0 Å². The molecule has 0 rings (SSSR count). The van der Waals surface area contributed by atoms with E-state index in [-0.39, 0.29) is 5.97 Å². The van der Waals surface area contributed by atoms with Gasteiger partial charge in [0, 0.05) is 19.6 Å². The minimum atomic E-state index is -0.161. The topological polar surface area (TPSA) is 54.0 Å². The first-order chi connectivity index (χ1) is 9.66. The molecule has 5 heteroatoms. The smallest absolute Gasteiger partial charge is 0.305 e. The summed E-state index contributed by atoms with van der Waals surface area (Å²) in [5, 5.41) is 0. The van der Waals surface area contributed by atoms with E-state index in [2.05, 4.69) is 13.8 Å². The fourth-order valence-corrected chi connectivity index (χ4v) is 1.41. The molecular formula is C15H30O5. The van der Waals surface area contributed by atoms with Crippen molar-refractivity contribution in [3.63, 3.8) is 0 Å². The molecule has 0 heterocycles. The van der Waals surface area contributed by atoms with E-state index in [4.69, 9.17) is 18.9 Å². The van der Waals surface area contributed by atoms with Gasteiger partial charge in [-0.25, -0.2) is 0 Å². The molecule has 0 N–H and O–H groups in total. The molecule has 0 aromatic rings. The molecule has 20 heavy (non-hydrogen) atoms. The van der Waals surface area contributed by atoms with Gasteiger partial charge in [-0.15, -0.1) is 0 Å². The highest BCUT2D eigenvalue weighted by Gasteiger charge is 2.00. The van der Waals surface area contributed by atoms with E-state index in [0.717, 1.165) is 13.0 Å². The van der Waals surface area contributed by atoms with Crippen LogP contribution in [0.1, 0.15) is 40.0 Å². The summed E-state index contributed by atoms with van der Waals surface area (Å²) >= 11 is 0. The second-order valence-electron chi connectivity index (χ2n) is 4.93. The van der Waals surface area contributed by atoms with Crippen molar-refractivity contribution in [3.8, 4) is 0 Å². The normalized spacial score (nSPS) is 11.0. The Labute approximate surface area is 122 Å². The van der Waals surface area contributed by atoms with Crippen LogP contribution in [0.5, 0.6) is 0 Å². The van der Waals surface area contributed by atoms with Crippen LogP contribution in [0.2, 0.25) is 0 Å². The van der Waals surface area contributed by atoms with Crippen LogP contribution in [0.4, 0.5) is 0 Å². The highest BCUT2D eigenvalue weighted by Crippen LogP contribution is 1.98. The molecule has 5 nitrogen and oxygen atoms in total. The van der Waals surface area contributed by atoms with Crippen molar-refractivity contribution in [2.45, 2.75) is 40.0 Å². The Morgan fingerprint density at radius 3 is 2.00 bits per heavy atom. The van der Waals surface area contributed by atoms with E-state index in [1.807, 2.05) is 0 Å². The van der Waals surface area contributed by atoms with Crippen LogP contribution in [-0.4, -0.2) is 52.2 Å². The van der Waals surface area contributed by atoms with E-state index >= 15 is 0 Å². The van der Waals surface area contributed by atoms with E-state index in [1.165, 1.54) is 0 Å². The van der Waals surface area contributed by atoms with Gasteiger partial charge in [-0.2, -0.15) is 0 Å². The fourth-order valence-electron chi connectivity index (χ4n) is 1.41. The average Bonchev–Trinajstić information content (AvgIpc) is 2.40. The SMILES string of the molecule is CCOC(=O)CCCOCCOCCOCCC(C)C. The first-order valence-corrected chi connectivity index (χ1v) is 7.55. The molecule has 0 aromatic heterocycles. The summed E-state index contributed by atoms with van der Waals surface area (Å²) in [4.78, 5) is 11.0. The minimum absolute atomic E-state index is 0.161. The number of hydrogen-bond donors (Lipinski definition) is 0. The summed E-state index contributed by atoms with van der Waals surface area (Å²) < 4.78 is 21.0. The van der Waals surface area contributed by atoms with Gasteiger partial charge in [0.2, 0.25) is 0 Å². The Bertz CT molecular complexity index is 218. The quantitative estimate of drug-likeness (QED) is 0.363. The Balaban J connectivity index is 3.04. The van der Waals surface area contributed by atoms with Crippen LogP contribution in [0.3, 0.4) is 0 Å². The van der Waals surface area contributed by atoms with E-state index < -0.39 is 0 Å². The molecule has 0 unspecified atom stereocenters. The maximum Gasteiger partial charge on any atom is 0.305 e. The largest absolute Gasteiger partial charge is 0.466 e. The molecule has 0 radical (unpaired) electrons. The lowest BCUT2D eigenvalue weighted by Crippen LogP contribution is -2.11.